The number of halogens is 1. The molecule has 2 aromatic rings. The Morgan fingerprint density at radius 2 is 1.81 bits per heavy atom. The third kappa shape index (κ3) is 6.72. The smallest absolute Gasteiger partial charge is 0.215 e. The van der Waals surface area contributed by atoms with Crippen LogP contribution in [0.5, 0.6) is 5.88 Å². The van der Waals surface area contributed by atoms with E-state index in [1.807, 2.05) is 18.2 Å². The van der Waals surface area contributed by atoms with E-state index in [2.05, 4.69) is 19.8 Å². The van der Waals surface area contributed by atoms with Gasteiger partial charge in [-0.25, -0.2) is 9.37 Å². The summed E-state index contributed by atoms with van der Waals surface area (Å²) in [6.45, 7) is 8.34. The van der Waals surface area contributed by atoms with Gasteiger partial charge in [-0.3, -0.25) is 9.89 Å². The minimum Gasteiger partial charge on any atom is -0.476 e. The van der Waals surface area contributed by atoms with Gasteiger partial charge in [0.1, 0.15) is 12.4 Å². The molecule has 0 spiro atoms. The molecule has 2 saturated heterocycles. The lowest BCUT2D eigenvalue weighted by Crippen LogP contribution is -2.38. The Labute approximate surface area is 182 Å². The molecule has 8 heteroatoms. The molecule has 0 N–H and O–H groups in total. The van der Waals surface area contributed by atoms with Gasteiger partial charge in [0.15, 0.2) is 0 Å². The van der Waals surface area contributed by atoms with Crippen molar-refractivity contribution in [2.24, 2.45) is 4.99 Å². The zero-order valence-corrected chi connectivity index (χ0v) is 17.7. The number of nitrogens with zero attached hydrogens (tertiary/aromatic N) is 4. The topological polar surface area (TPSA) is 59.4 Å². The second kappa shape index (κ2) is 11.2. The highest BCUT2D eigenvalue weighted by Crippen LogP contribution is 2.23. The van der Waals surface area contributed by atoms with E-state index in [9.17, 15) is 4.39 Å². The highest BCUT2D eigenvalue weighted by atomic mass is 19.1. The summed E-state index contributed by atoms with van der Waals surface area (Å²) in [5, 5.41) is 0. The summed E-state index contributed by atoms with van der Waals surface area (Å²) in [5.74, 6) is 0.334. The van der Waals surface area contributed by atoms with Crippen molar-refractivity contribution in [1.82, 2.24) is 9.88 Å². The molecule has 2 aliphatic heterocycles. The number of hydrogen-bond donors (Lipinski definition) is 0. The molecule has 0 amide bonds. The van der Waals surface area contributed by atoms with Crippen LogP contribution in [0, 0.1) is 5.82 Å². The molecule has 1 aromatic heterocycles. The number of hydrogen-bond acceptors (Lipinski definition) is 7. The van der Waals surface area contributed by atoms with Gasteiger partial charge in [0.05, 0.1) is 38.7 Å². The van der Waals surface area contributed by atoms with Gasteiger partial charge < -0.3 is 19.1 Å². The van der Waals surface area contributed by atoms with E-state index in [0.29, 0.717) is 32.2 Å². The van der Waals surface area contributed by atoms with E-state index >= 15 is 0 Å². The maximum Gasteiger partial charge on any atom is 0.215 e. The number of pyridine rings is 1. The van der Waals surface area contributed by atoms with Crippen molar-refractivity contribution < 1.29 is 18.6 Å². The van der Waals surface area contributed by atoms with Crippen molar-refractivity contribution in [2.45, 2.75) is 6.54 Å². The van der Waals surface area contributed by atoms with Crippen molar-refractivity contribution >= 4 is 11.9 Å². The first-order valence-electron chi connectivity index (χ1n) is 10.8. The van der Waals surface area contributed by atoms with Gasteiger partial charge in [-0.2, -0.15) is 0 Å². The molecular formula is C23H29FN4O3. The minimum atomic E-state index is -0.271. The first kappa shape index (κ1) is 21.7. The number of morpholine rings is 2. The van der Waals surface area contributed by atoms with Gasteiger partial charge in [0, 0.05) is 50.7 Å². The molecule has 7 nitrogen and oxygen atoms in total. The average Bonchev–Trinajstić information content (AvgIpc) is 2.80. The fourth-order valence-corrected chi connectivity index (χ4v) is 3.64. The van der Waals surface area contributed by atoms with Crippen LogP contribution < -0.4 is 9.64 Å². The van der Waals surface area contributed by atoms with E-state index < -0.39 is 0 Å². The van der Waals surface area contributed by atoms with Crippen LogP contribution in [0.3, 0.4) is 0 Å². The summed E-state index contributed by atoms with van der Waals surface area (Å²) < 4.78 is 30.2. The predicted octanol–water partition coefficient (Wildman–Crippen LogP) is 2.39. The molecule has 0 bridgehead atoms. The van der Waals surface area contributed by atoms with E-state index in [1.54, 1.807) is 12.3 Å². The molecule has 0 saturated carbocycles. The van der Waals surface area contributed by atoms with E-state index in [4.69, 9.17) is 14.2 Å². The molecule has 4 rings (SSSR count). The van der Waals surface area contributed by atoms with Gasteiger partial charge in [0.25, 0.3) is 0 Å². The molecule has 2 aliphatic rings. The second-order valence-corrected chi connectivity index (χ2v) is 7.58. The fraction of sp³-hybridized carbons (Fsp3) is 0.478. The Hall–Kier alpha value is -2.55. The lowest BCUT2D eigenvalue weighted by molar-refractivity contribution is 0.0320. The number of ether oxygens (including phenoxy) is 3. The molecule has 0 aliphatic carbocycles. The SMILES string of the molecule is Fc1cccc(C=NCc2cc(N3CCOCC3)cc(OCCN3CCOCC3)n2)c1. The molecule has 3 heterocycles. The zero-order valence-electron chi connectivity index (χ0n) is 17.7. The average molecular weight is 429 g/mol. The van der Waals surface area contributed by atoms with Crippen molar-refractivity contribution in [3.05, 3.63) is 53.5 Å². The Morgan fingerprint density at radius 1 is 1.03 bits per heavy atom. The maximum atomic E-state index is 13.4. The second-order valence-electron chi connectivity index (χ2n) is 7.58. The zero-order chi connectivity index (χ0) is 21.3. The third-order valence-electron chi connectivity index (χ3n) is 5.32. The summed E-state index contributed by atoms with van der Waals surface area (Å²) in [7, 11) is 0. The lowest BCUT2D eigenvalue weighted by atomic mass is 10.2. The van der Waals surface area contributed by atoms with Crippen molar-refractivity contribution in [2.75, 3.05) is 70.7 Å². The molecule has 1 aromatic carbocycles. The summed E-state index contributed by atoms with van der Waals surface area (Å²) in [4.78, 5) is 13.7. The molecule has 0 radical (unpaired) electrons. The minimum absolute atomic E-state index is 0.271. The van der Waals surface area contributed by atoms with Crippen LogP contribution >= 0.6 is 0 Å². The number of benzene rings is 1. The predicted molar refractivity (Wildman–Crippen MR) is 118 cm³/mol. The molecule has 166 valence electrons. The summed E-state index contributed by atoms with van der Waals surface area (Å²) >= 11 is 0. The normalized spacial score (nSPS) is 17.9. The van der Waals surface area contributed by atoms with E-state index in [0.717, 1.165) is 62.9 Å². The first-order chi connectivity index (χ1) is 15.3. The molecular weight excluding hydrogens is 399 g/mol. The van der Waals surface area contributed by atoms with E-state index in [-0.39, 0.29) is 5.82 Å². The number of anilines is 1. The third-order valence-corrected chi connectivity index (χ3v) is 5.32. The number of aromatic nitrogens is 1. The summed E-state index contributed by atoms with van der Waals surface area (Å²) in [6.07, 6.45) is 1.67. The highest BCUT2D eigenvalue weighted by molar-refractivity contribution is 5.79. The molecule has 0 unspecified atom stereocenters. The Bertz CT molecular complexity index is 868. The monoisotopic (exact) mass is 428 g/mol. The van der Waals surface area contributed by atoms with Crippen molar-refractivity contribution in [1.29, 1.82) is 0 Å². The van der Waals surface area contributed by atoms with Crippen LogP contribution in [0.2, 0.25) is 0 Å². The Balaban J connectivity index is 1.43. The highest BCUT2D eigenvalue weighted by Gasteiger charge is 2.15. The van der Waals surface area contributed by atoms with Crippen molar-refractivity contribution in [3.63, 3.8) is 0 Å². The molecule has 31 heavy (non-hydrogen) atoms. The number of rotatable bonds is 8. The Kier molecular flexibility index (Phi) is 7.81. The maximum absolute atomic E-state index is 13.4. The van der Waals surface area contributed by atoms with Gasteiger partial charge in [0.2, 0.25) is 5.88 Å². The van der Waals surface area contributed by atoms with Crippen LogP contribution in [0.25, 0.3) is 0 Å². The number of aliphatic imine (C=N–C) groups is 1. The van der Waals surface area contributed by atoms with Crippen LogP contribution in [-0.2, 0) is 16.0 Å². The van der Waals surface area contributed by atoms with Crippen LogP contribution in [0.15, 0.2) is 41.4 Å². The quantitative estimate of drug-likeness (QED) is 0.602. The van der Waals surface area contributed by atoms with E-state index in [1.165, 1.54) is 12.1 Å². The van der Waals surface area contributed by atoms with Gasteiger partial charge in [-0.05, 0) is 23.8 Å². The lowest BCUT2D eigenvalue weighted by Gasteiger charge is -2.29. The molecule has 2 fully saturated rings. The van der Waals surface area contributed by atoms with Crippen molar-refractivity contribution in [3.8, 4) is 5.88 Å². The standard InChI is InChI=1S/C23H29FN4O3/c24-20-3-1-2-19(14-20)17-25-18-21-15-22(28-7-11-30-12-8-28)16-23(26-21)31-13-6-27-4-9-29-10-5-27/h1-3,14-17H,4-13,18H2. The van der Waals surface area contributed by atoms with Gasteiger partial charge in [-0.15, -0.1) is 0 Å². The molecule has 0 atom stereocenters. The first-order valence-corrected chi connectivity index (χ1v) is 10.8. The van der Waals surface area contributed by atoms with Crippen LogP contribution in [-0.4, -0.2) is 81.9 Å². The van der Waals surface area contributed by atoms with Gasteiger partial charge in [-0.1, -0.05) is 12.1 Å². The largest absolute Gasteiger partial charge is 0.476 e. The van der Waals surface area contributed by atoms with Crippen LogP contribution in [0.4, 0.5) is 10.1 Å². The van der Waals surface area contributed by atoms with Crippen LogP contribution in [0.1, 0.15) is 11.3 Å². The Morgan fingerprint density at radius 3 is 2.58 bits per heavy atom. The summed E-state index contributed by atoms with van der Waals surface area (Å²) in [6, 6.07) is 10.4. The van der Waals surface area contributed by atoms with Gasteiger partial charge >= 0.3 is 0 Å². The fourth-order valence-electron chi connectivity index (χ4n) is 3.64. The summed E-state index contributed by atoms with van der Waals surface area (Å²) in [5.41, 5.74) is 2.61.